The number of nitrogens with two attached hydrogens (primary N) is 2. The van der Waals surface area contributed by atoms with Gasteiger partial charge in [-0.25, -0.2) is 0 Å². The maximum atomic E-state index is 8.70. The smallest absolute Gasteiger partial charge is 0.102 e. The highest BCUT2D eigenvalue weighted by Gasteiger charge is 1.94. The van der Waals surface area contributed by atoms with Gasteiger partial charge in [-0.05, 0) is 32.2 Å². The van der Waals surface area contributed by atoms with Crippen LogP contribution in [-0.2, 0) is 4.74 Å². The number of aliphatic hydroxyl groups excluding tert-OH is 1. The Hall–Kier alpha value is -0.160. The molecule has 1 unspecified atom stereocenters. The highest BCUT2D eigenvalue weighted by molar-refractivity contribution is 4.45. The molecule has 5 N–H and O–H groups in total. The molecular weight excluding hydrogens is 156 g/mol. The van der Waals surface area contributed by atoms with Crippen LogP contribution < -0.4 is 11.5 Å². The summed E-state index contributed by atoms with van der Waals surface area (Å²) in [4.78, 5) is 0. The molecule has 0 bridgehead atoms. The van der Waals surface area contributed by atoms with Crippen LogP contribution in [0.15, 0.2) is 0 Å². The van der Waals surface area contributed by atoms with Gasteiger partial charge >= 0.3 is 0 Å². The number of rotatable bonds is 8. The lowest BCUT2D eigenvalue weighted by molar-refractivity contribution is 0.106. The largest absolute Gasteiger partial charge is 0.381 e. The summed E-state index contributed by atoms with van der Waals surface area (Å²) in [6, 6.07) is 0. The molecule has 12 heavy (non-hydrogen) atoms. The fraction of sp³-hybridized carbons (Fsp3) is 1.00. The molecular formula is C8H20N2O2. The van der Waals surface area contributed by atoms with Crippen molar-refractivity contribution in [2.24, 2.45) is 11.5 Å². The molecule has 0 heterocycles. The normalized spacial score (nSPS) is 13.2. The molecule has 0 aliphatic carbocycles. The van der Waals surface area contributed by atoms with Gasteiger partial charge in [0.25, 0.3) is 0 Å². The molecule has 0 rings (SSSR count). The van der Waals surface area contributed by atoms with Crippen molar-refractivity contribution >= 4 is 0 Å². The first kappa shape index (κ1) is 11.8. The van der Waals surface area contributed by atoms with E-state index in [9.17, 15) is 0 Å². The van der Waals surface area contributed by atoms with Gasteiger partial charge < -0.3 is 21.3 Å². The molecule has 0 saturated heterocycles. The molecule has 74 valence electrons. The maximum Gasteiger partial charge on any atom is 0.102 e. The Morgan fingerprint density at radius 1 is 1.17 bits per heavy atom. The zero-order valence-electron chi connectivity index (χ0n) is 7.54. The van der Waals surface area contributed by atoms with E-state index in [0.29, 0.717) is 13.0 Å². The van der Waals surface area contributed by atoms with E-state index < -0.39 is 6.23 Å². The van der Waals surface area contributed by atoms with Gasteiger partial charge in [0.2, 0.25) is 0 Å². The first-order valence-electron chi connectivity index (χ1n) is 4.49. The SMILES string of the molecule is NCCCCOCCCC(N)O. The first-order chi connectivity index (χ1) is 5.77. The van der Waals surface area contributed by atoms with Gasteiger partial charge in [0, 0.05) is 13.2 Å². The monoisotopic (exact) mass is 176 g/mol. The molecule has 4 heteroatoms. The Morgan fingerprint density at radius 2 is 1.83 bits per heavy atom. The van der Waals surface area contributed by atoms with Crippen LogP contribution in [0.2, 0.25) is 0 Å². The molecule has 0 aliphatic heterocycles. The summed E-state index contributed by atoms with van der Waals surface area (Å²) >= 11 is 0. The van der Waals surface area contributed by atoms with Crippen molar-refractivity contribution < 1.29 is 9.84 Å². The third-order valence-electron chi connectivity index (χ3n) is 1.53. The van der Waals surface area contributed by atoms with E-state index in [2.05, 4.69) is 0 Å². The van der Waals surface area contributed by atoms with Crippen LogP contribution in [0.3, 0.4) is 0 Å². The van der Waals surface area contributed by atoms with Crippen LogP contribution in [0.4, 0.5) is 0 Å². The van der Waals surface area contributed by atoms with Gasteiger partial charge in [-0.1, -0.05) is 0 Å². The number of ether oxygens (including phenoxy) is 1. The van der Waals surface area contributed by atoms with Crippen molar-refractivity contribution in [2.45, 2.75) is 31.9 Å². The number of unbranched alkanes of at least 4 members (excludes halogenated alkanes) is 1. The molecule has 0 fully saturated rings. The molecule has 0 amide bonds. The van der Waals surface area contributed by atoms with Gasteiger partial charge in [-0.2, -0.15) is 0 Å². The average Bonchev–Trinajstić information content (AvgIpc) is 2.02. The van der Waals surface area contributed by atoms with E-state index in [4.69, 9.17) is 21.3 Å². The third-order valence-corrected chi connectivity index (χ3v) is 1.53. The summed E-state index contributed by atoms with van der Waals surface area (Å²) in [6.45, 7) is 2.17. The summed E-state index contributed by atoms with van der Waals surface area (Å²) < 4.78 is 5.26. The van der Waals surface area contributed by atoms with Gasteiger partial charge in [-0.3, -0.25) is 0 Å². The Kier molecular flexibility index (Phi) is 8.81. The standard InChI is InChI=1S/C8H20N2O2/c9-5-1-2-6-12-7-3-4-8(10)11/h8,11H,1-7,9-10H2. The highest BCUT2D eigenvalue weighted by Crippen LogP contribution is 1.94. The lowest BCUT2D eigenvalue weighted by Gasteiger charge is -2.04. The van der Waals surface area contributed by atoms with Crippen LogP contribution in [0.25, 0.3) is 0 Å². The van der Waals surface area contributed by atoms with E-state index in [1.54, 1.807) is 0 Å². The molecule has 0 saturated carbocycles. The molecule has 0 radical (unpaired) electrons. The predicted molar refractivity (Wildman–Crippen MR) is 48.5 cm³/mol. The Balaban J connectivity index is 2.82. The minimum atomic E-state index is -0.697. The Labute approximate surface area is 73.9 Å². The van der Waals surface area contributed by atoms with Crippen molar-refractivity contribution in [1.29, 1.82) is 0 Å². The quantitative estimate of drug-likeness (QED) is 0.353. The van der Waals surface area contributed by atoms with Gasteiger partial charge in [-0.15, -0.1) is 0 Å². The van der Waals surface area contributed by atoms with Crippen molar-refractivity contribution in [3.8, 4) is 0 Å². The van der Waals surface area contributed by atoms with Gasteiger partial charge in [0.15, 0.2) is 0 Å². The molecule has 0 aromatic carbocycles. The van der Waals surface area contributed by atoms with Crippen LogP contribution >= 0.6 is 0 Å². The van der Waals surface area contributed by atoms with Crippen LogP contribution in [0.5, 0.6) is 0 Å². The van der Waals surface area contributed by atoms with E-state index in [0.717, 1.165) is 32.4 Å². The first-order valence-corrected chi connectivity index (χ1v) is 4.49. The highest BCUT2D eigenvalue weighted by atomic mass is 16.5. The molecule has 0 aromatic heterocycles. The van der Waals surface area contributed by atoms with Crippen LogP contribution in [0.1, 0.15) is 25.7 Å². The Morgan fingerprint density at radius 3 is 2.42 bits per heavy atom. The fourth-order valence-electron chi connectivity index (χ4n) is 0.845. The summed E-state index contributed by atoms with van der Waals surface area (Å²) in [5.74, 6) is 0. The number of aliphatic hydroxyl groups is 1. The lowest BCUT2D eigenvalue weighted by Crippen LogP contribution is -2.18. The topological polar surface area (TPSA) is 81.5 Å². The number of hydrogen-bond acceptors (Lipinski definition) is 4. The van der Waals surface area contributed by atoms with E-state index in [1.807, 2.05) is 0 Å². The maximum absolute atomic E-state index is 8.70. The minimum absolute atomic E-state index is 0.608. The summed E-state index contributed by atoms with van der Waals surface area (Å²) in [6.07, 6.45) is 2.76. The van der Waals surface area contributed by atoms with Gasteiger partial charge in [0.1, 0.15) is 6.23 Å². The van der Waals surface area contributed by atoms with E-state index in [-0.39, 0.29) is 0 Å². The minimum Gasteiger partial charge on any atom is -0.381 e. The van der Waals surface area contributed by atoms with Crippen molar-refractivity contribution in [2.75, 3.05) is 19.8 Å². The second-order valence-electron chi connectivity index (χ2n) is 2.82. The fourth-order valence-corrected chi connectivity index (χ4v) is 0.845. The molecule has 0 aliphatic rings. The van der Waals surface area contributed by atoms with E-state index in [1.165, 1.54) is 0 Å². The second-order valence-corrected chi connectivity index (χ2v) is 2.82. The van der Waals surface area contributed by atoms with Crippen molar-refractivity contribution in [3.63, 3.8) is 0 Å². The molecule has 1 atom stereocenters. The van der Waals surface area contributed by atoms with Crippen molar-refractivity contribution in [3.05, 3.63) is 0 Å². The molecule has 0 spiro atoms. The number of hydrogen-bond donors (Lipinski definition) is 3. The summed E-state index contributed by atoms with van der Waals surface area (Å²) in [5.41, 5.74) is 10.4. The molecule has 4 nitrogen and oxygen atoms in total. The van der Waals surface area contributed by atoms with Crippen LogP contribution in [0, 0.1) is 0 Å². The summed E-state index contributed by atoms with van der Waals surface area (Å²) in [5, 5.41) is 8.70. The zero-order chi connectivity index (χ0) is 9.23. The van der Waals surface area contributed by atoms with Crippen LogP contribution in [-0.4, -0.2) is 31.1 Å². The van der Waals surface area contributed by atoms with Crippen molar-refractivity contribution in [1.82, 2.24) is 0 Å². The second kappa shape index (κ2) is 8.93. The predicted octanol–water partition coefficient (Wildman–Crippen LogP) is -0.201. The van der Waals surface area contributed by atoms with Gasteiger partial charge in [0.05, 0.1) is 0 Å². The summed E-state index contributed by atoms with van der Waals surface area (Å²) in [7, 11) is 0. The molecule has 0 aromatic rings. The lowest BCUT2D eigenvalue weighted by atomic mass is 10.3. The zero-order valence-corrected chi connectivity index (χ0v) is 7.54. The Bertz CT molecular complexity index is 89.1. The average molecular weight is 176 g/mol. The van der Waals surface area contributed by atoms with E-state index >= 15 is 0 Å². The third kappa shape index (κ3) is 9.84.